The van der Waals surface area contributed by atoms with Crippen LogP contribution in [0.25, 0.3) is 0 Å². The van der Waals surface area contributed by atoms with Crippen LogP contribution in [0.3, 0.4) is 0 Å². The molecule has 1 aliphatic heterocycles. The second-order valence-electron chi connectivity index (χ2n) is 6.58. The maximum atomic E-state index is 5.65. The quantitative estimate of drug-likeness (QED) is 0.837. The summed E-state index contributed by atoms with van der Waals surface area (Å²) >= 11 is 0. The Kier molecular flexibility index (Phi) is 6.68. The second-order valence-corrected chi connectivity index (χ2v) is 6.58. The Balaban J connectivity index is 1.83. The van der Waals surface area contributed by atoms with Crippen molar-refractivity contribution in [1.29, 1.82) is 0 Å². The molecule has 0 saturated carbocycles. The first-order valence-corrected chi connectivity index (χ1v) is 8.39. The number of rotatable bonds is 7. The van der Waals surface area contributed by atoms with Crippen LogP contribution in [0.1, 0.15) is 32.3 Å². The van der Waals surface area contributed by atoms with Gasteiger partial charge in [-0.3, -0.25) is 4.90 Å². The smallest absolute Gasteiger partial charge is 0.0236 e. The Morgan fingerprint density at radius 3 is 2.43 bits per heavy atom. The molecule has 0 aliphatic carbocycles. The van der Waals surface area contributed by atoms with Crippen molar-refractivity contribution in [3.05, 3.63) is 35.9 Å². The Bertz CT molecular complexity index is 383. The lowest BCUT2D eigenvalue weighted by Gasteiger charge is -2.36. The number of likely N-dealkylation sites (tertiary alicyclic amines) is 1. The van der Waals surface area contributed by atoms with E-state index in [1.165, 1.54) is 38.0 Å². The van der Waals surface area contributed by atoms with Crippen LogP contribution in [0.4, 0.5) is 0 Å². The normalized spacial score (nSPS) is 17.8. The van der Waals surface area contributed by atoms with Gasteiger partial charge in [0.15, 0.2) is 0 Å². The van der Waals surface area contributed by atoms with Gasteiger partial charge in [0.1, 0.15) is 0 Å². The molecule has 1 aromatic rings. The summed E-state index contributed by atoms with van der Waals surface area (Å²) in [5.41, 5.74) is 7.07. The number of piperidine rings is 1. The molecule has 1 fully saturated rings. The molecule has 1 saturated heterocycles. The summed E-state index contributed by atoms with van der Waals surface area (Å²) < 4.78 is 0. The maximum absolute atomic E-state index is 5.65. The summed E-state index contributed by atoms with van der Waals surface area (Å²) in [6.07, 6.45) is 2.63. The first-order chi connectivity index (χ1) is 10.2. The Morgan fingerprint density at radius 1 is 1.19 bits per heavy atom. The minimum absolute atomic E-state index is 0.604. The predicted octanol–water partition coefficient (Wildman–Crippen LogP) is 2.57. The molecule has 0 aromatic heterocycles. The minimum Gasteiger partial charge on any atom is -0.329 e. The Labute approximate surface area is 130 Å². The molecule has 1 aliphatic rings. The van der Waals surface area contributed by atoms with Crippen molar-refractivity contribution >= 4 is 0 Å². The number of benzene rings is 1. The van der Waals surface area contributed by atoms with Gasteiger partial charge in [-0.2, -0.15) is 0 Å². The molecule has 0 amide bonds. The molecular formula is C18H31N3. The van der Waals surface area contributed by atoms with E-state index in [0.29, 0.717) is 6.04 Å². The van der Waals surface area contributed by atoms with Gasteiger partial charge >= 0.3 is 0 Å². The van der Waals surface area contributed by atoms with Crippen molar-refractivity contribution < 1.29 is 0 Å². The van der Waals surface area contributed by atoms with E-state index >= 15 is 0 Å². The van der Waals surface area contributed by atoms with Gasteiger partial charge in [-0.15, -0.1) is 0 Å². The van der Waals surface area contributed by atoms with Crippen molar-refractivity contribution in [2.75, 3.05) is 32.7 Å². The molecule has 1 aromatic carbocycles. The number of nitrogens with zero attached hydrogens (tertiary/aromatic N) is 2. The van der Waals surface area contributed by atoms with Crippen molar-refractivity contribution in [1.82, 2.24) is 9.80 Å². The molecule has 2 N–H and O–H groups in total. The van der Waals surface area contributed by atoms with Crippen LogP contribution in [0.5, 0.6) is 0 Å². The third kappa shape index (κ3) is 5.42. The molecule has 0 atom stereocenters. The molecule has 3 nitrogen and oxygen atoms in total. The summed E-state index contributed by atoms with van der Waals surface area (Å²) in [4.78, 5) is 5.13. The fourth-order valence-corrected chi connectivity index (χ4v) is 3.18. The lowest BCUT2D eigenvalue weighted by Crippen LogP contribution is -2.42. The van der Waals surface area contributed by atoms with Crippen molar-refractivity contribution in [3.63, 3.8) is 0 Å². The summed E-state index contributed by atoms with van der Waals surface area (Å²) in [6.45, 7) is 11.2. The number of hydrogen-bond donors (Lipinski definition) is 1. The van der Waals surface area contributed by atoms with Crippen LogP contribution >= 0.6 is 0 Å². The standard InChI is InChI=1S/C18H31N3/c1-16(2)21(14-17-6-4-3-5-7-17)15-18-8-11-20(12-9-18)13-10-19/h3-7,16,18H,8-15,19H2,1-2H3. The molecule has 118 valence electrons. The zero-order valence-electron chi connectivity index (χ0n) is 13.7. The van der Waals surface area contributed by atoms with E-state index in [-0.39, 0.29) is 0 Å². The summed E-state index contributed by atoms with van der Waals surface area (Å²) in [5.74, 6) is 0.838. The highest BCUT2D eigenvalue weighted by molar-refractivity contribution is 5.14. The predicted molar refractivity (Wildman–Crippen MR) is 90.2 cm³/mol. The van der Waals surface area contributed by atoms with Crippen LogP contribution in [0.2, 0.25) is 0 Å². The van der Waals surface area contributed by atoms with Gasteiger partial charge in [-0.1, -0.05) is 30.3 Å². The summed E-state index contributed by atoms with van der Waals surface area (Å²) in [7, 11) is 0. The molecule has 3 heteroatoms. The molecule has 1 heterocycles. The third-order valence-corrected chi connectivity index (χ3v) is 4.60. The molecule has 0 spiro atoms. The van der Waals surface area contributed by atoms with E-state index in [0.717, 1.165) is 25.6 Å². The Hall–Kier alpha value is -0.900. The largest absolute Gasteiger partial charge is 0.329 e. The van der Waals surface area contributed by atoms with Gasteiger partial charge < -0.3 is 10.6 Å². The second kappa shape index (κ2) is 8.52. The highest BCUT2D eigenvalue weighted by atomic mass is 15.2. The number of hydrogen-bond acceptors (Lipinski definition) is 3. The van der Waals surface area contributed by atoms with E-state index in [1.807, 2.05) is 0 Å². The highest BCUT2D eigenvalue weighted by Gasteiger charge is 2.22. The molecule has 2 rings (SSSR count). The molecule has 0 radical (unpaired) electrons. The topological polar surface area (TPSA) is 32.5 Å². The van der Waals surface area contributed by atoms with Gasteiger partial charge in [-0.25, -0.2) is 0 Å². The monoisotopic (exact) mass is 289 g/mol. The fourth-order valence-electron chi connectivity index (χ4n) is 3.18. The van der Waals surface area contributed by atoms with E-state index < -0.39 is 0 Å². The van der Waals surface area contributed by atoms with Gasteiger partial charge in [0, 0.05) is 32.2 Å². The molecule has 0 bridgehead atoms. The van der Waals surface area contributed by atoms with Crippen LogP contribution < -0.4 is 5.73 Å². The van der Waals surface area contributed by atoms with Crippen LogP contribution in [0, 0.1) is 5.92 Å². The van der Waals surface area contributed by atoms with Crippen molar-refractivity contribution in [3.8, 4) is 0 Å². The zero-order chi connectivity index (χ0) is 15.1. The average Bonchev–Trinajstić information content (AvgIpc) is 2.50. The number of nitrogens with two attached hydrogens (primary N) is 1. The zero-order valence-corrected chi connectivity index (χ0v) is 13.7. The first-order valence-electron chi connectivity index (χ1n) is 8.39. The fraction of sp³-hybridized carbons (Fsp3) is 0.667. The summed E-state index contributed by atoms with van der Waals surface area (Å²) in [6, 6.07) is 11.4. The van der Waals surface area contributed by atoms with Crippen LogP contribution in [0.15, 0.2) is 30.3 Å². The van der Waals surface area contributed by atoms with E-state index in [2.05, 4.69) is 54.0 Å². The highest BCUT2D eigenvalue weighted by Crippen LogP contribution is 2.20. The van der Waals surface area contributed by atoms with Crippen LogP contribution in [-0.4, -0.2) is 48.6 Å². The van der Waals surface area contributed by atoms with Crippen LogP contribution in [-0.2, 0) is 6.54 Å². The van der Waals surface area contributed by atoms with E-state index in [1.54, 1.807) is 0 Å². The first kappa shape index (κ1) is 16.5. The van der Waals surface area contributed by atoms with E-state index in [9.17, 15) is 0 Å². The minimum atomic E-state index is 0.604. The van der Waals surface area contributed by atoms with E-state index in [4.69, 9.17) is 5.73 Å². The molecule has 0 unspecified atom stereocenters. The average molecular weight is 289 g/mol. The third-order valence-electron chi connectivity index (χ3n) is 4.60. The lowest BCUT2D eigenvalue weighted by molar-refractivity contribution is 0.123. The lowest BCUT2D eigenvalue weighted by atomic mass is 9.95. The van der Waals surface area contributed by atoms with Gasteiger partial charge in [0.05, 0.1) is 0 Å². The molecule has 21 heavy (non-hydrogen) atoms. The SMILES string of the molecule is CC(C)N(Cc1ccccc1)CC1CCN(CCN)CC1. The van der Waals surface area contributed by atoms with Gasteiger partial charge in [0.25, 0.3) is 0 Å². The van der Waals surface area contributed by atoms with Crippen molar-refractivity contribution in [2.45, 2.75) is 39.3 Å². The van der Waals surface area contributed by atoms with Crippen molar-refractivity contribution in [2.24, 2.45) is 11.7 Å². The molecular weight excluding hydrogens is 258 g/mol. The van der Waals surface area contributed by atoms with Gasteiger partial charge in [-0.05, 0) is 51.3 Å². The summed E-state index contributed by atoms with van der Waals surface area (Å²) in [5, 5.41) is 0. The maximum Gasteiger partial charge on any atom is 0.0236 e. The van der Waals surface area contributed by atoms with Gasteiger partial charge in [0.2, 0.25) is 0 Å². The Morgan fingerprint density at radius 2 is 1.86 bits per heavy atom.